The zero-order chi connectivity index (χ0) is 11.8. The summed E-state index contributed by atoms with van der Waals surface area (Å²) >= 11 is 0. The van der Waals surface area contributed by atoms with E-state index in [0.717, 1.165) is 12.3 Å². The SMILES string of the molecule is CCOC(=O)CNC(CC)C1CCCCC1. The fourth-order valence-corrected chi connectivity index (χ4v) is 2.61. The molecule has 1 fully saturated rings. The van der Waals surface area contributed by atoms with Gasteiger partial charge in [0.25, 0.3) is 0 Å². The van der Waals surface area contributed by atoms with Crippen LogP contribution in [0.15, 0.2) is 0 Å². The van der Waals surface area contributed by atoms with Crippen LogP contribution in [-0.4, -0.2) is 25.2 Å². The van der Waals surface area contributed by atoms with Crippen molar-refractivity contribution in [3.8, 4) is 0 Å². The van der Waals surface area contributed by atoms with E-state index in [-0.39, 0.29) is 5.97 Å². The standard InChI is InChI=1S/C13H25NO2/c1-3-12(11-8-6-5-7-9-11)14-10-13(15)16-4-2/h11-12,14H,3-10H2,1-2H3. The summed E-state index contributed by atoms with van der Waals surface area (Å²) in [6.07, 6.45) is 7.81. The van der Waals surface area contributed by atoms with Gasteiger partial charge < -0.3 is 10.1 Å². The third kappa shape index (κ3) is 4.52. The van der Waals surface area contributed by atoms with Gasteiger partial charge in [0.2, 0.25) is 0 Å². The summed E-state index contributed by atoms with van der Waals surface area (Å²) in [6, 6.07) is 0.490. The Kier molecular flexibility index (Phi) is 6.46. The van der Waals surface area contributed by atoms with Crippen molar-refractivity contribution < 1.29 is 9.53 Å². The van der Waals surface area contributed by atoms with Crippen molar-refractivity contribution in [2.75, 3.05) is 13.2 Å². The average molecular weight is 227 g/mol. The van der Waals surface area contributed by atoms with Crippen LogP contribution in [0.1, 0.15) is 52.4 Å². The van der Waals surface area contributed by atoms with E-state index in [2.05, 4.69) is 12.2 Å². The summed E-state index contributed by atoms with van der Waals surface area (Å²) < 4.78 is 4.92. The molecule has 3 nitrogen and oxygen atoms in total. The highest BCUT2D eigenvalue weighted by molar-refractivity contribution is 5.71. The Morgan fingerprint density at radius 2 is 2.00 bits per heavy atom. The fraction of sp³-hybridized carbons (Fsp3) is 0.923. The predicted molar refractivity (Wildman–Crippen MR) is 65.3 cm³/mol. The van der Waals surface area contributed by atoms with Crippen LogP contribution in [0.5, 0.6) is 0 Å². The minimum atomic E-state index is -0.128. The zero-order valence-electron chi connectivity index (χ0n) is 10.6. The van der Waals surface area contributed by atoms with Gasteiger partial charge in [-0.05, 0) is 32.1 Å². The van der Waals surface area contributed by atoms with Gasteiger partial charge in [-0.25, -0.2) is 0 Å². The van der Waals surface area contributed by atoms with Crippen LogP contribution in [0.3, 0.4) is 0 Å². The van der Waals surface area contributed by atoms with E-state index >= 15 is 0 Å². The van der Waals surface area contributed by atoms with E-state index in [9.17, 15) is 4.79 Å². The zero-order valence-corrected chi connectivity index (χ0v) is 10.6. The molecule has 1 rings (SSSR count). The second kappa shape index (κ2) is 7.66. The van der Waals surface area contributed by atoms with Crippen molar-refractivity contribution in [3.05, 3.63) is 0 Å². The number of nitrogens with one attached hydrogen (secondary N) is 1. The minimum Gasteiger partial charge on any atom is -0.465 e. The third-order valence-corrected chi connectivity index (χ3v) is 3.47. The van der Waals surface area contributed by atoms with Gasteiger partial charge in [0.05, 0.1) is 13.2 Å². The number of ether oxygens (including phenoxy) is 1. The van der Waals surface area contributed by atoms with E-state index in [0.29, 0.717) is 19.2 Å². The molecule has 0 aromatic carbocycles. The van der Waals surface area contributed by atoms with Crippen molar-refractivity contribution in [2.45, 2.75) is 58.4 Å². The molecule has 0 bridgehead atoms. The van der Waals surface area contributed by atoms with Crippen LogP contribution in [0.2, 0.25) is 0 Å². The molecule has 1 aliphatic carbocycles. The lowest BCUT2D eigenvalue weighted by Crippen LogP contribution is -2.40. The second-order valence-electron chi connectivity index (χ2n) is 4.60. The number of rotatable bonds is 6. The molecule has 16 heavy (non-hydrogen) atoms. The Hall–Kier alpha value is -0.570. The van der Waals surface area contributed by atoms with Crippen molar-refractivity contribution in [1.82, 2.24) is 5.32 Å². The highest BCUT2D eigenvalue weighted by Gasteiger charge is 2.22. The second-order valence-corrected chi connectivity index (χ2v) is 4.60. The highest BCUT2D eigenvalue weighted by atomic mass is 16.5. The lowest BCUT2D eigenvalue weighted by Gasteiger charge is -2.30. The van der Waals surface area contributed by atoms with Gasteiger partial charge in [-0.3, -0.25) is 4.79 Å². The van der Waals surface area contributed by atoms with Gasteiger partial charge in [0.15, 0.2) is 0 Å². The monoisotopic (exact) mass is 227 g/mol. The van der Waals surface area contributed by atoms with E-state index < -0.39 is 0 Å². The first-order valence-corrected chi connectivity index (χ1v) is 6.66. The lowest BCUT2D eigenvalue weighted by molar-refractivity contribution is -0.142. The van der Waals surface area contributed by atoms with Crippen LogP contribution in [0, 0.1) is 5.92 Å². The third-order valence-electron chi connectivity index (χ3n) is 3.47. The van der Waals surface area contributed by atoms with Crippen LogP contribution in [0.4, 0.5) is 0 Å². The largest absolute Gasteiger partial charge is 0.465 e. The predicted octanol–water partition coefficient (Wildman–Crippen LogP) is 2.50. The average Bonchev–Trinajstić information content (AvgIpc) is 2.31. The van der Waals surface area contributed by atoms with Crippen LogP contribution in [0.25, 0.3) is 0 Å². The van der Waals surface area contributed by atoms with E-state index in [4.69, 9.17) is 4.74 Å². The first-order valence-electron chi connectivity index (χ1n) is 6.66. The maximum Gasteiger partial charge on any atom is 0.319 e. The van der Waals surface area contributed by atoms with E-state index in [1.54, 1.807) is 0 Å². The normalized spacial score (nSPS) is 19.4. The van der Waals surface area contributed by atoms with Gasteiger partial charge in [-0.2, -0.15) is 0 Å². The minimum absolute atomic E-state index is 0.128. The summed E-state index contributed by atoms with van der Waals surface area (Å²) in [5.74, 6) is 0.630. The fourth-order valence-electron chi connectivity index (χ4n) is 2.61. The maximum absolute atomic E-state index is 11.3. The molecule has 1 unspecified atom stereocenters. The molecule has 1 atom stereocenters. The lowest BCUT2D eigenvalue weighted by atomic mass is 9.83. The molecule has 0 saturated heterocycles. The van der Waals surface area contributed by atoms with E-state index in [1.807, 2.05) is 6.92 Å². The summed E-state index contributed by atoms with van der Waals surface area (Å²) in [4.78, 5) is 11.3. The Balaban J connectivity index is 2.27. The molecule has 0 radical (unpaired) electrons. The molecule has 1 aliphatic rings. The number of carbonyl (C=O) groups is 1. The van der Waals surface area contributed by atoms with Gasteiger partial charge >= 0.3 is 5.97 Å². The molecule has 0 aromatic rings. The first kappa shape index (κ1) is 13.5. The number of hydrogen-bond acceptors (Lipinski definition) is 3. The number of esters is 1. The van der Waals surface area contributed by atoms with Gasteiger partial charge in [0, 0.05) is 6.04 Å². The molecule has 0 spiro atoms. The quantitative estimate of drug-likeness (QED) is 0.709. The van der Waals surface area contributed by atoms with Gasteiger partial charge in [-0.15, -0.1) is 0 Å². The van der Waals surface area contributed by atoms with Crippen LogP contribution >= 0.6 is 0 Å². The molecule has 0 amide bonds. The molecule has 94 valence electrons. The van der Waals surface area contributed by atoms with Crippen molar-refractivity contribution in [1.29, 1.82) is 0 Å². The van der Waals surface area contributed by atoms with Crippen LogP contribution < -0.4 is 5.32 Å². The highest BCUT2D eigenvalue weighted by Crippen LogP contribution is 2.27. The topological polar surface area (TPSA) is 38.3 Å². The summed E-state index contributed by atoms with van der Waals surface area (Å²) in [7, 11) is 0. The maximum atomic E-state index is 11.3. The molecule has 0 aliphatic heterocycles. The Labute approximate surface area is 98.9 Å². The molecular weight excluding hydrogens is 202 g/mol. The molecule has 1 saturated carbocycles. The molecule has 3 heteroatoms. The molecule has 0 aromatic heterocycles. The molecular formula is C13H25NO2. The van der Waals surface area contributed by atoms with Gasteiger partial charge in [0.1, 0.15) is 0 Å². The summed E-state index contributed by atoms with van der Waals surface area (Å²) in [6.45, 7) is 4.87. The van der Waals surface area contributed by atoms with Gasteiger partial charge in [-0.1, -0.05) is 26.2 Å². The van der Waals surface area contributed by atoms with Crippen molar-refractivity contribution in [2.24, 2.45) is 5.92 Å². The first-order chi connectivity index (χ1) is 7.77. The molecule has 1 N–H and O–H groups in total. The number of hydrogen-bond donors (Lipinski definition) is 1. The Morgan fingerprint density at radius 3 is 2.56 bits per heavy atom. The van der Waals surface area contributed by atoms with Crippen LogP contribution in [-0.2, 0) is 9.53 Å². The van der Waals surface area contributed by atoms with Crippen molar-refractivity contribution in [3.63, 3.8) is 0 Å². The van der Waals surface area contributed by atoms with Crippen molar-refractivity contribution >= 4 is 5.97 Å². The summed E-state index contributed by atoms with van der Waals surface area (Å²) in [5.41, 5.74) is 0. The smallest absolute Gasteiger partial charge is 0.319 e. The molecule has 0 heterocycles. The Morgan fingerprint density at radius 1 is 1.31 bits per heavy atom. The summed E-state index contributed by atoms with van der Waals surface area (Å²) in [5, 5.41) is 3.35. The van der Waals surface area contributed by atoms with E-state index in [1.165, 1.54) is 32.1 Å². The Bertz CT molecular complexity index is 200. The number of carbonyl (C=O) groups excluding carboxylic acids is 1.